The van der Waals surface area contributed by atoms with Crippen LogP contribution >= 0.6 is 12.4 Å². The van der Waals surface area contributed by atoms with Crippen LogP contribution in [0, 0.1) is 5.92 Å². The van der Waals surface area contributed by atoms with Gasteiger partial charge in [-0.2, -0.15) is 0 Å². The first-order valence-electron chi connectivity index (χ1n) is 4.75. The van der Waals surface area contributed by atoms with Crippen molar-refractivity contribution in [2.75, 3.05) is 6.61 Å². The molecule has 3 atom stereocenters. The van der Waals surface area contributed by atoms with E-state index in [4.69, 9.17) is 10.5 Å². The molecule has 0 bridgehead atoms. The predicted octanol–water partition coefficient (Wildman–Crippen LogP) is 0.460. The van der Waals surface area contributed by atoms with E-state index in [0.717, 1.165) is 6.42 Å². The van der Waals surface area contributed by atoms with Crippen LogP contribution in [0.3, 0.4) is 0 Å². The van der Waals surface area contributed by atoms with Crippen LogP contribution in [0.4, 0.5) is 0 Å². The summed E-state index contributed by atoms with van der Waals surface area (Å²) < 4.78 is 4.85. The fourth-order valence-corrected chi connectivity index (χ4v) is 1.70. The molecule has 1 aliphatic rings. The van der Waals surface area contributed by atoms with Crippen LogP contribution in [0.25, 0.3) is 0 Å². The van der Waals surface area contributed by atoms with E-state index in [1.54, 1.807) is 6.92 Å². The molecule has 3 N–H and O–H groups in total. The number of halogens is 1. The van der Waals surface area contributed by atoms with Gasteiger partial charge in [-0.3, -0.25) is 4.79 Å². The number of nitrogens with two attached hydrogens (primary N) is 1. The first-order chi connectivity index (χ1) is 6.15. The Bertz CT molecular complexity index is 189. The van der Waals surface area contributed by atoms with Gasteiger partial charge in [-0.1, -0.05) is 0 Å². The van der Waals surface area contributed by atoms with E-state index < -0.39 is 6.10 Å². The standard InChI is InChI=1S/C9H17NO3.ClH/c1-2-13-9(12)7-4-3-6(10)5-8(7)11;/h6-8,11H,2-5,10H2,1H3;1H. The Hall–Kier alpha value is -0.320. The van der Waals surface area contributed by atoms with Crippen molar-refractivity contribution in [2.24, 2.45) is 11.7 Å². The van der Waals surface area contributed by atoms with E-state index in [1.165, 1.54) is 0 Å². The molecular weight excluding hydrogens is 206 g/mol. The number of esters is 1. The molecule has 0 heterocycles. The maximum absolute atomic E-state index is 11.3. The first-order valence-corrected chi connectivity index (χ1v) is 4.75. The molecule has 4 nitrogen and oxygen atoms in total. The lowest BCUT2D eigenvalue weighted by atomic mass is 9.84. The summed E-state index contributed by atoms with van der Waals surface area (Å²) in [6.45, 7) is 2.13. The average molecular weight is 224 g/mol. The van der Waals surface area contributed by atoms with Crippen LogP contribution in [-0.2, 0) is 9.53 Å². The highest BCUT2D eigenvalue weighted by atomic mass is 35.5. The molecule has 3 unspecified atom stereocenters. The molecule has 0 aliphatic heterocycles. The molecule has 1 saturated carbocycles. The summed E-state index contributed by atoms with van der Waals surface area (Å²) in [6, 6.07) is 0.0284. The predicted molar refractivity (Wildman–Crippen MR) is 55.2 cm³/mol. The lowest BCUT2D eigenvalue weighted by molar-refractivity contribution is -0.153. The van der Waals surface area contributed by atoms with E-state index in [0.29, 0.717) is 19.4 Å². The van der Waals surface area contributed by atoms with Crippen molar-refractivity contribution in [3.8, 4) is 0 Å². The van der Waals surface area contributed by atoms with Crippen molar-refractivity contribution < 1.29 is 14.6 Å². The molecule has 0 aromatic heterocycles. The minimum absolute atomic E-state index is 0. The average Bonchev–Trinajstić information content (AvgIpc) is 2.04. The van der Waals surface area contributed by atoms with Crippen molar-refractivity contribution in [3.05, 3.63) is 0 Å². The van der Waals surface area contributed by atoms with E-state index >= 15 is 0 Å². The van der Waals surface area contributed by atoms with Gasteiger partial charge < -0.3 is 15.6 Å². The summed E-state index contributed by atoms with van der Waals surface area (Å²) in [5.41, 5.74) is 5.65. The van der Waals surface area contributed by atoms with Gasteiger partial charge in [-0.05, 0) is 26.2 Å². The molecule has 0 aromatic rings. The van der Waals surface area contributed by atoms with Gasteiger partial charge in [0.05, 0.1) is 18.6 Å². The normalized spacial score (nSPS) is 31.8. The molecule has 84 valence electrons. The zero-order chi connectivity index (χ0) is 9.84. The maximum atomic E-state index is 11.3. The zero-order valence-corrected chi connectivity index (χ0v) is 9.13. The van der Waals surface area contributed by atoms with Gasteiger partial charge in [-0.25, -0.2) is 0 Å². The van der Waals surface area contributed by atoms with Crippen LogP contribution in [0.15, 0.2) is 0 Å². The highest BCUT2D eigenvalue weighted by molar-refractivity contribution is 5.85. The molecule has 1 aliphatic carbocycles. The Morgan fingerprint density at radius 1 is 1.57 bits per heavy atom. The van der Waals surface area contributed by atoms with Gasteiger partial charge in [-0.15, -0.1) is 12.4 Å². The molecule has 0 spiro atoms. The third-order valence-electron chi connectivity index (χ3n) is 2.45. The third kappa shape index (κ3) is 3.44. The highest BCUT2D eigenvalue weighted by Gasteiger charge is 2.33. The first kappa shape index (κ1) is 13.7. The summed E-state index contributed by atoms with van der Waals surface area (Å²) in [5, 5.41) is 9.56. The second-order valence-electron chi connectivity index (χ2n) is 3.50. The molecule has 5 heteroatoms. The summed E-state index contributed by atoms with van der Waals surface area (Å²) in [7, 11) is 0. The van der Waals surface area contributed by atoms with Gasteiger partial charge in [0, 0.05) is 6.04 Å². The van der Waals surface area contributed by atoms with E-state index in [1.807, 2.05) is 0 Å². The summed E-state index contributed by atoms with van der Waals surface area (Å²) in [5.74, 6) is -0.651. The van der Waals surface area contributed by atoms with Crippen molar-refractivity contribution in [1.29, 1.82) is 0 Å². The van der Waals surface area contributed by atoms with Crippen molar-refractivity contribution in [2.45, 2.75) is 38.3 Å². The molecule has 0 saturated heterocycles. The summed E-state index contributed by atoms with van der Waals surface area (Å²) in [6.07, 6.45) is 1.31. The second-order valence-corrected chi connectivity index (χ2v) is 3.50. The van der Waals surface area contributed by atoms with E-state index in [9.17, 15) is 9.90 Å². The Morgan fingerprint density at radius 2 is 2.21 bits per heavy atom. The van der Waals surface area contributed by atoms with Gasteiger partial charge in [0.25, 0.3) is 0 Å². The number of hydrogen-bond donors (Lipinski definition) is 2. The lowest BCUT2D eigenvalue weighted by Crippen LogP contribution is -2.40. The number of aliphatic hydroxyl groups excluding tert-OH is 1. The van der Waals surface area contributed by atoms with E-state index in [2.05, 4.69) is 0 Å². The van der Waals surface area contributed by atoms with Crippen LogP contribution in [0.5, 0.6) is 0 Å². The van der Waals surface area contributed by atoms with Crippen LogP contribution in [0.1, 0.15) is 26.2 Å². The molecule has 14 heavy (non-hydrogen) atoms. The van der Waals surface area contributed by atoms with E-state index in [-0.39, 0.29) is 30.3 Å². The number of carbonyl (C=O) groups is 1. The van der Waals surface area contributed by atoms with Crippen molar-refractivity contribution in [1.82, 2.24) is 0 Å². The van der Waals surface area contributed by atoms with Crippen LogP contribution in [0.2, 0.25) is 0 Å². The third-order valence-corrected chi connectivity index (χ3v) is 2.45. The van der Waals surface area contributed by atoms with Crippen LogP contribution < -0.4 is 5.73 Å². The highest BCUT2D eigenvalue weighted by Crippen LogP contribution is 2.24. The van der Waals surface area contributed by atoms with Gasteiger partial charge in [0.1, 0.15) is 0 Å². The Balaban J connectivity index is 0.00000169. The maximum Gasteiger partial charge on any atom is 0.311 e. The largest absolute Gasteiger partial charge is 0.466 e. The smallest absolute Gasteiger partial charge is 0.311 e. The monoisotopic (exact) mass is 223 g/mol. The molecular formula is C9H18ClNO3. The number of aliphatic hydroxyl groups is 1. The number of hydrogen-bond acceptors (Lipinski definition) is 4. The fourth-order valence-electron chi connectivity index (χ4n) is 1.70. The molecule has 1 rings (SSSR count). The molecule has 0 amide bonds. The van der Waals surface area contributed by atoms with Crippen LogP contribution in [-0.4, -0.2) is 29.8 Å². The Kier molecular flexibility index (Phi) is 6.08. The SMILES string of the molecule is CCOC(=O)C1CCC(N)CC1O.Cl. The second kappa shape index (κ2) is 6.22. The Morgan fingerprint density at radius 3 is 2.71 bits per heavy atom. The number of carbonyl (C=O) groups excluding carboxylic acids is 1. The number of ether oxygens (including phenoxy) is 1. The van der Waals surface area contributed by atoms with Crippen molar-refractivity contribution >= 4 is 18.4 Å². The quantitative estimate of drug-likeness (QED) is 0.668. The van der Waals surface area contributed by atoms with Crippen molar-refractivity contribution in [3.63, 3.8) is 0 Å². The minimum Gasteiger partial charge on any atom is -0.466 e. The van der Waals surface area contributed by atoms with Gasteiger partial charge in [0.15, 0.2) is 0 Å². The summed E-state index contributed by atoms with van der Waals surface area (Å²) in [4.78, 5) is 11.3. The minimum atomic E-state index is -0.622. The number of rotatable bonds is 2. The van der Waals surface area contributed by atoms with Gasteiger partial charge >= 0.3 is 5.97 Å². The fraction of sp³-hybridized carbons (Fsp3) is 0.889. The molecule has 1 fully saturated rings. The zero-order valence-electron chi connectivity index (χ0n) is 8.31. The summed E-state index contributed by atoms with van der Waals surface area (Å²) >= 11 is 0. The molecule has 0 radical (unpaired) electrons. The molecule has 0 aromatic carbocycles. The topological polar surface area (TPSA) is 72.5 Å². The Labute approximate surface area is 90.2 Å². The van der Waals surface area contributed by atoms with Gasteiger partial charge in [0.2, 0.25) is 0 Å². The lowest BCUT2D eigenvalue weighted by Gasteiger charge is -2.29.